The highest BCUT2D eigenvalue weighted by Gasteiger charge is 2.16. The maximum atomic E-state index is 13.4. The minimum atomic E-state index is -0.505. The minimum absolute atomic E-state index is 0.0288. The third-order valence-electron chi connectivity index (χ3n) is 2.36. The van der Waals surface area contributed by atoms with Crippen LogP contribution in [0.1, 0.15) is 23.7 Å². The van der Waals surface area contributed by atoms with Crippen LogP contribution in [0.15, 0.2) is 24.3 Å². The Morgan fingerprint density at radius 1 is 1.44 bits per heavy atom. The summed E-state index contributed by atoms with van der Waals surface area (Å²) in [5, 5.41) is 8.71. The zero-order valence-electron chi connectivity index (χ0n) is 9.32. The summed E-state index contributed by atoms with van der Waals surface area (Å²) in [6, 6.07) is 5.93. The number of benzene rings is 1. The van der Waals surface area contributed by atoms with Gasteiger partial charge in [-0.2, -0.15) is 0 Å². The molecule has 1 amide bonds. The quantitative estimate of drug-likeness (QED) is 0.828. The molecule has 1 aromatic carbocycles. The summed E-state index contributed by atoms with van der Waals surface area (Å²) in [5.74, 6) is -0.830. The van der Waals surface area contributed by atoms with Crippen LogP contribution in [0.5, 0.6) is 0 Å². The van der Waals surface area contributed by atoms with E-state index in [1.165, 1.54) is 17.0 Å². The summed E-state index contributed by atoms with van der Waals surface area (Å²) in [6.07, 6.45) is 0.508. The third kappa shape index (κ3) is 3.03. The fourth-order valence-electron chi connectivity index (χ4n) is 1.47. The Morgan fingerprint density at radius 2 is 2.12 bits per heavy atom. The van der Waals surface area contributed by atoms with Crippen molar-refractivity contribution in [1.29, 1.82) is 0 Å². The van der Waals surface area contributed by atoms with Crippen molar-refractivity contribution in [3.63, 3.8) is 0 Å². The highest BCUT2D eigenvalue weighted by molar-refractivity contribution is 5.94. The minimum Gasteiger partial charge on any atom is -0.396 e. The third-order valence-corrected chi connectivity index (χ3v) is 2.36. The lowest BCUT2D eigenvalue weighted by Crippen LogP contribution is -2.32. The van der Waals surface area contributed by atoms with E-state index in [9.17, 15) is 9.18 Å². The Bertz CT molecular complexity index is 355. The molecule has 0 radical (unpaired) electrons. The van der Waals surface area contributed by atoms with E-state index in [0.717, 1.165) is 0 Å². The predicted octanol–water partition coefficient (Wildman–Crippen LogP) is 1.67. The second-order valence-corrected chi connectivity index (χ2v) is 3.44. The number of nitrogens with zero attached hydrogens (tertiary/aromatic N) is 1. The Kier molecular flexibility index (Phi) is 4.92. The fraction of sp³-hybridized carbons (Fsp3) is 0.417. The van der Waals surface area contributed by atoms with Gasteiger partial charge in [-0.15, -0.1) is 0 Å². The van der Waals surface area contributed by atoms with Gasteiger partial charge in [-0.05, 0) is 25.5 Å². The number of aliphatic hydroxyl groups excluding tert-OH is 1. The molecule has 0 aliphatic rings. The van der Waals surface area contributed by atoms with E-state index in [0.29, 0.717) is 19.5 Å². The van der Waals surface area contributed by atoms with Gasteiger partial charge in [0.2, 0.25) is 0 Å². The molecule has 3 nitrogen and oxygen atoms in total. The Labute approximate surface area is 94.5 Å². The molecular formula is C12H16FNO2. The predicted molar refractivity (Wildman–Crippen MR) is 59.7 cm³/mol. The van der Waals surface area contributed by atoms with Gasteiger partial charge in [0.05, 0.1) is 5.56 Å². The Morgan fingerprint density at radius 3 is 2.69 bits per heavy atom. The number of carbonyl (C=O) groups is 1. The monoisotopic (exact) mass is 225 g/mol. The molecule has 0 bridgehead atoms. The summed E-state index contributed by atoms with van der Waals surface area (Å²) in [7, 11) is 0. The summed E-state index contributed by atoms with van der Waals surface area (Å²) in [4.78, 5) is 13.4. The first-order valence-corrected chi connectivity index (χ1v) is 5.35. The van der Waals surface area contributed by atoms with Crippen LogP contribution < -0.4 is 0 Å². The standard InChI is InChI=1S/C12H16FNO2/c1-2-14(8-5-9-15)12(16)10-6-3-4-7-11(10)13/h3-4,6-7,15H,2,5,8-9H2,1H3. The molecule has 0 saturated heterocycles. The molecule has 4 heteroatoms. The zero-order valence-corrected chi connectivity index (χ0v) is 9.32. The number of hydrogen-bond donors (Lipinski definition) is 1. The second-order valence-electron chi connectivity index (χ2n) is 3.44. The molecule has 1 N–H and O–H groups in total. The van der Waals surface area contributed by atoms with Crippen LogP contribution >= 0.6 is 0 Å². The fourth-order valence-corrected chi connectivity index (χ4v) is 1.47. The Balaban J connectivity index is 2.79. The lowest BCUT2D eigenvalue weighted by Gasteiger charge is -2.20. The summed E-state index contributed by atoms with van der Waals surface area (Å²) in [5.41, 5.74) is 0.0855. The number of amides is 1. The van der Waals surface area contributed by atoms with Crippen LogP contribution in [-0.2, 0) is 0 Å². The zero-order chi connectivity index (χ0) is 12.0. The van der Waals surface area contributed by atoms with Crippen LogP contribution in [0.25, 0.3) is 0 Å². The van der Waals surface area contributed by atoms with E-state index < -0.39 is 5.82 Å². The molecule has 0 spiro atoms. The van der Waals surface area contributed by atoms with E-state index in [-0.39, 0.29) is 18.1 Å². The topological polar surface area (TPSA) is 40.5 Å². The van der Waals surface area contributed by atoms with Crippen LogP contribution in [0.3, 0.4) is 0 Å². The molecule has 0 unspecified atom stereocenters. The van der Waals surface area contributed by atoms with E-state index in [2.05, 4.69) is 0 Å². The molecule has 0 heterocycles. The van der Waals surface area contributed by atoms with Gasteiger partial charge in [0.1, 0.15) is 5.82 Å². The molecule has 1 rings (SSSR count). The van der Waals surface area contributed by atoms with Crippen LogP contribution in [-0.4, -0.2) is 35.6 Å². The van der Waals surface area contributed by atoms with Crippen LogP contribution in [0.2, 0.25) is 0 Å². The average molecular weight is 225 g/mol. The second kappa shape index (κ2) is 6.23. The molecule has 0 aromatic heterocycles. The van der Waals surface area contributed by atoms with Crippen LogP contribution in [0, 0.1) is 5.82 Å². The van der Waals surface area contributed by atoms with E-state index in [4.69, 9.17) is 5.11 Å². The van der Waals surface area contributed by atoms with Gasteiger partial charge in [0.25, 0.3) is 5.91 Å². The van der Waals surface area contributed by atoms with Gasteiger partial charge < -0.3 is 10.0 Å². The first-order chi connectivity index (χ1) is 7.70. The van der Waals surface area contributed by atoms with Crippen molar-refractivity contribution in [3.05, 3.63) is 35.6 Å². The molecule has 16 heavy (non-hydrogen) atoms. The van der Waals surface area contributed by atoms with E-state index in [1.807, 2.05) is 6.92 Å². The number of halogens is 1. The SMILES string of the molecule is CCN(CCCO)C(=O)c1ccccc1F. The number of rotatable bonds is 5. The Hall–Kier alpha value is -1.42. The molecule has 0 aliphatic heterocycles. The molecular weight excluding hydrogens is 209 g/mol. The summed E-state index contributed by atoms with van der Waals surface area (Å²) >= 11 is 0. The first-order valence-electron chi connectivity index (χ1n) is 5.35. The van der Waals surface area contributed by atoms with Crippen molar-refractivity contribution in [2.75, 3.05) is 19.7 Å². The normalized spacial score (nSPS) is 10.2. The number of aliphatic hydroxyl groups is 1. The van der Waals surface area contributed by atoms with Gasteiger partial charge in [0, 0.05) is 19.7 Å². The largest absolute Gasteiger partial charge is 0.396 e. The smallest absolute Gasteiger partial charge is 0.256 e. The van der Waals surface area contributed by atoms with Crippen molar-refractivity contribution >= 4 is 5.91 Å². The molecule has 0 fully saturated rings. The molecule has 0 atom stereocenters. The molecule has 1 aromatic rings. The van der Waals surface area contributed by atoms with Gasteiger partial charge >= 0.3 is 0 Å². The van der Waals surface area contributed by atoms with Gasteiger partial charge in [0.15, 0.2) is 0 Å². The van der Waals surface area contributed by atoms with E-state index in [1.54, 1.807) is 12.1 Å². The van der Waals surface area contributed by atoms with Gasteiger partial charge in [-0.25, -0.2) is 4.39 Å². The van der Waals surface area contributed by atoms with Crippen molar-refractivity contribution in [2.24, 2.45) is 0 Å². The number of hydrogen-bond acceptors (Lipinski definition) is 2. The highest BCUT2D eigenvalue weighted by atomic mass is 19.1. The molecule has 0 saturated carbocycles. The van der Waals surface area contributed by atoms with Crippen molar-refractivity contribution in [3.8, 4) is 0 Å². The van der Waals surface area contributed by atoms with Crippen LogP contribution in [0.4, 0.5) is 4.39 Å². The summed E-state index contributed by atoms with van der Waals surface area (Å²) < 4.78 is 13.4. The lowest BCUT2D eigenvalue weighted by atomic mass is 10.2. The maximum absolute atomic E-state index is 13.4. The maximum Gasteiger partial charge on any atom is 0.256 e. The highest BCUT2D eigenvalue weighted by Crippen LogP contribution is 2.10. The molecule has 88 valence electrons. The lowest BCUT2D eigenvalue weighted by molar-refractivity contribution is 0.0749. The first kappa shape index (κ1) is 12.6. The van der Waals surface area contributed by atoms with Crippen molar-refractivity contribution in [1.82, 2.24) is 4.90 Å². The van der Waals surface area contributed by atoms with Crippen molar-refractivity contribution in [2.45, 2.75) is 13.3 Å². The number of carbonyl (C=O) groups excluding carboxylic acids is 1. The van der Waals surface area contributed by atoms with Crippen molar-refractivity contribution < 1.29 is 14.3 Å². The van der Waals surface area contributed by atoms with E-state index >= 15 is 0 Å². The molecule has 0 aliphatic carbocycles. The average Bonchev–Trinajstić information content (AvgIpc) is 2.30. The van der Waals surface area contributed by atoms with Gasteiger partial charge in [-0.3, -0.25) is 4.79 Å². The van der Waals surface area contributed by atoms with Gasteiger partial charge in [-0.1, -0.05) is 12.1 Å². The summed E-state index contributed by atoms with van der Waals surface area (Å²) in [6.45, 7) is 2.81.